The summed E-state index contributed by atoms with van der Waals surface area (Å²) >= 11 is 3.59. The van der Waals surface area contributed by atoms with E-state index in [-0.39, 0.29) is 0 Å². The number of fused-ring (bicyclic) bond motifs is 8. The molecule has 0 aliphatic carbocycles. The molecule has 0 spiro atoms. The first-order chi connectivity index (χ1) is 28.2. The fourth-order valence-electron chi connectivity index (χ4n) is 8.36. The number of thiophene rings is 2. The third-order valence-electron chi connectivity index (χ3n) is 11.1. The number of aromatic nitrogens is 4. The lowest BCUT2D eigenvalue weighted by atomic mass is 10.00. The molecule has 0 saturated carbocycles. The predicted octanol–water partition coefficient (Wildman–Crippen LogP) is 14.4. The highest BCUT2D eigenvalue weighted by molar-refractivity contribution is 7.26. The molecule has 0 unspecified atom stereocenters. The Hall–Kier alpha value is -6.99. The Bertz CT molecular complexity index is 3410. The van der Waals surface area contributed by atoms with Gasteiger partial charge >= 0.3 is 0 Å². The van der Waals surface area contributed by atoms with Crippen molar-refractivity contribution < 1.29 is 0 Å². The molecule has 4 aromatic heterocycles. The normalized spacial score (nSPS) is 11.9. The Morgan fingerprint density at radius 3 is 1.56 bits per heavy atom. The van der Waals surface area contributed by atoms with E-state index >= 15 is 0 Å². The van der Waals surface area contributed by atoms with Crippen LogP contribution in [-0.2, 0) is 0 Å². The van der Waals surface area contributed by atoms with Crippen molar-refractivity contribution in [2.24, 2.45) is 0 Å². The standard InChI is InChI=1S/C51H30N4S2/c1-2-17-35(18-3-1)55-30-43(42-28-31-13-4-5-14-32(31)29-44(42)55)33-15-10-16-34(27-33)49-52-50(40-23-11-21-38-36-19-6-8-25-45(36)56-47(38)40)54-51(53-49)41-24-12-22-39-37-20-7-9-26-46(37)57-48(39)41/h1-30H. The highest BCUT2D eigenvalue weighted by Gasteiger charge is 2.20. The van der Waals surface area contributed by atoms with E-state index in [2.05, 4.69) is 187 Å². The van der Waals surface area contributed by atoms with E-state index in [0.29, 0.717) is 17.5 Å². The Kier molecular flexibility index (Phi) is 7.24. The molecule has 0 fully saturated rings. The molecule has 0 radical (unpaired) electrons. The molecule has 8 aromatic carbocycles. The maximum absolute atomic E-state index is 5.32. The van der Waals surface area contributed by atoms with Crippen molar-refractivity contribution in [1.29, 1.82) is 0 Å². The van der Waals surface area contributed by atoms with Crippen LogP contribution >= 0.6 is 22.7 Å². The van der Waals surface area contributed by atoms with Crippen LogP contribution in [0.15, 0.2) is 182 Å². The smallest absolute Gasteiger partial charge is 0.165 e. The van der Waals surface area contributed by atoms with Gasteiger partial charge in [0, 0.05) is 79.9 Å². The lowest BCUT2D eigenvalue weighted by Gasteiger charge is -2.11. The molecule has 12 rings (SSSR count). The van der Waals surface area contributed by atoms with Crippen LogP contribution < -0.4 is 0 Å². The highest BCUT2D eigenvalue weighted by Crippen LogP contribution is 2.43. The fourth-order valence-corrected chi connectivity index (χ4v) is 10.8. The second-order valence-corrected chi connectivity index (χ2v) is 16.5. The quantitative estimate of drug-likeness (QED) is 0.175. The zero-order valence-corrected chi connectivity index (χ0v) is 32.1. The number of hydrogen-bond acceptors (Lipinski definition) is 5. The highest BCUT2D eigenvalue weighted by atomic mass is 32.1. The first-order valence-corrected chi connectivity index (χ1v) is 20.6. The van der Waals surface area contributed by atoms with Gasteiger partial charge in [-0.25, -0.2) is 15.0 Å². The summed E-state index contributed by atoms with van der Waals surface area (Å²) in [5, 5.41) is 8.55. The summed E-state index contributed by atoms with van der Waals surface area (Å²) in [5.74, 6) is 1.98. The van der Waals surface area contributed by atoms with E-state index < -0.39 is 0 Å². The van der Waals surface area contributed by atoms with Crippen molar-refractivity contribution in [1.82, 2.24) is 19.5 Å². The van der Waals surface area contributed by atoms with Gasteiger partial charge in [0.05, 0.1) is 5.52 Å². The van der Waals surface area contributed by atoms with Gasteiger partial charge in [0.1, 0.15) is 0 Å². The van der Waals surface area contributed by atoms with E-state index in [4.69, 9.17) is 15.0 Å². The van der Waals surface area contributed by atoms with Crippen LogP contribution in [0.2, 0.25) is 0 Å². The number of nitrogens with zero attached hydrogens (tertiary/aromatic N) is 4. The van der Waals surface area contributed by atoms with Crippen molar-refractivity contribution in [3.05, 3.63) is 182 Å². The van der Waals surface area contributed by atoms with Crippen LogP contribution in [0, 0.1) is 0 Å². The van der Waals surface area contributed by atoms with Gasteiger partial charge in [-0.1, -0.05) is 121 Å². The molecule has 0 aliphatic rings. The molecule has 57 heavy (non-hydrogen) atoms. The maximum Gasteiger partial charge on any atom is 0.165 e. The first kappa shape index (κ1) is 32.3. The summed E-state index contributed by atoms with van der Waals surface area (Å²) in [6.45, 7) is 0. The van der Waals surface area contributed by atoms with Crippen molar-refractivity contribution >= 4 is 84.7 Å². The molecule has 0 aliphatic heterocycles. The van der Waals surface area contributed by atoms with E-state index in [0.717, 1.165) is 39.0 Å². The lowest BCUT2D eigenvalue weighted by Crippen LogP contribution is -2.00. The molecule has 4 nitrogen and oxygen atoms in total. The van der Waals surface area contributed by atoms with E-state index in [1.165, 1.54) is 56.5 Å². The molecule has 6 heteroatoms. The molecule has 0 saturated heterocycles. The van der Waals surface area contributed by atoms with Crippen molar-refractivity contribution in [3.63, 3.8) is 0 Å². The van der Waals surface area contributed by atoms with E-state index in [1.807, 2.05) is 0 Å². The van der Waals surface area contributed by atoms with Gasteiger partial charge in [0.15, 0.2) is 17.5 Å². The van der Waals surface area contributed by atoms with Crippen LogP contribution in [0.1, 0.15) is 0 Å². The summed E-state index contributed by atoms with van der Waals surface area (Å²) in [4.78, 5) is 15.9. The van der Waals surface area contributed by atoms with Crippen molar-refractivity contribution in [2.45, 2.75) is 0 Å². The summed E-state index contributed by atoms with van der Waals surface area (Å²) < 4.78 is 7.16. The molecular formula is C51H30N4S2. The van der Waals surface area contributed by atoms with Crippen LogP contribution in [0.5, 0.6) is 0 Å². The van der Waals surface area contributed by atoms with Crippen LogP contribution in [0.25, 0.3) is 113 Å². The molecule has 266 valence electrons. The SMILES string of the molecule is c1ccc(-n2cc(-c3cccc(-c4nc(-c5cccc6c5sc5ccccc56)nc(-c5cccc6c5sc5ccccc56)n4)c3)c3cc4ccccc4cc32)cc1. The monoisotopic (exact) mass is 762 g/mol. The van der Waals surface area contributed by atoms with Gasteiger partial charge in [0.25, 0.3) is 0 Å². The Morgan fingerprint density at radius 1 is 0.368 bits per heavy atom. The number of benzene rings is 8. The molecular weight excluding hydrogens is 733 g/mol. The van der Waals surface area contributed by atoms with Crippen LogP contribution in [-0.4, -0.2) is 19.5 Å². The minimum absolute atomic E-state index is 0.644. The average Bonchev–Trinajstić information content (AvgIpc) is 3.97. The van der Waals surface area contributed by atoms with Gasteiger partial charge in [-0.05, 0) is 70.9 Å². The first-order valence-electron chi connectivity index (χ1n) is 19.0. The zero-order chi connectivity index (χ0) is 37.5. The van der Waals surface area contributed by atoms with E-state index in [9.17, 15) is 0 Å². The zero-order valence-electron chi connectivity index (χ0n) is 30.4. The van der Waals surface area contributed by atoms with Gasteiger partial charge in [0.2, 0.25) is 0 Å². The summed E-state index contributed by atoms with van der Waals surface area (Å²) in [6.07, 6.45) is 2.27. The lowest BCUT2D eigenvalue weighted by molar-refractivity contribution is 1.08. The van der Waals surface area contributed by atoms with Gasteiger partial charge < -0.3 is 4.57 Å². The summed E-state index contributed by atoms with van der Waals surface area (Å²) in [7, 11) is 0. The Balaban J connectivity index is 1.09. The molecule has 0 bridgehead atoms. The average molecular weight is 763 g/mol. The van der Waals surface area contributed by atoms with Gasteiger partial charge in [-0.15, -0.1) is 22.7 Å². The number of hydrogen-bond donors (Lipinski definition) is 0. The van der Waals surface area contributed by atoms with E-state index in [1.54, 1.807) is 22.7 Å². The topological polar surface area (TPSA) is 43.6 Å². The van der Waals surface area contributed by atoms with Gasteiger partial charge in [-0.3, -0.25) is 0 Å². The molecule has 0 atom stereocenters. The maximum atomic E-state index is 5.32. The number of para-hydroxylation sites is 1. The number of rotatable bonds is 5. The summed E-state index contributed by atoms with van der Waals surface area (Å²) in [5.41, 5.74) is 7.50. The molecule has 12 aromatic rings. The Morgan fingerprint density at radius 2 is 0.895 bits per heavy atom. The largest absolute Gasteiger partial charge is 0.316 e. The Labute approximate surface area is 335 Å². The molecule has 4 heterocycles. The fraction of sp³-hybridized carbons (Fsp3) is 0. The minimum atomic E-state index is 0.644. The second-order valence-electron chi connectivity index (χ2n) is 14.4. The van der Waals surface area contributed by atoms with Crippen LogP contribution in [0.4, 0.5) is 0 Å². The predicted molar refractivity (Wildman–Crippen MR) is 242 cm³/mol. The second kappa shape index (κ2) is 12.8. The molecule has 0 N–H and O–H groups in total. The van der Waals surface area contributed by atoms with Crippen molar-refractivity contribution in [3.8, 4) is 51.0 Å². The van der Waals surface area contributed by atoms with Crippen LogP contribution in [0.3, 0.4) is 0 Å². The minimum Gasteiger partial charge on any atom is -0.316 e. The van der Waals surface area contributed by atoms with Gasteiger partial charge in [-0.2, -0.15) is 0 Å². The molecule has 0 amide bonds. The third-order valence-corrected chi connectivity index (χ3v) is 13.5. The van der Waals surface area contributed by atoms with Crippen molar-refractivity contribution in [2.75, 3.05) is 0 Å². The summed E-state index contributed by atoms with van der Waals surface area (Å²) in [6, 6.07) is 62.7. The third kappa shape index (κ3) is 5.22.